The predicted octanol–water partition coefficient (Wildman–Crippen LogP) is 5.72. The maximum Gasteiger partial charge on any atom is 0.294 e. The number of fused-ring (bicyclic) bond motifs is 1. The molecular formula is C26H17ClFNO6. The van der Waals surface area contributed by atoms with Crippen molar-refractivity contribution in [3.63, 3.8) is 0 Å². The van der Waals surface area contributed by atoms with Gasteiger partial charge in [-0.25, -0.2) is 4.39 Å². The summed E-state index contributed by atoms with van der Waals surface area (Å²) < 4.78 is 24.6. The number of phenolic OH excluding ortho intramolecular Hbond substituents is 1. The van der Waals surface area contributed by atoms with Crippen molar-refractivity contribution in [2.24, 2.45) is 0 Å². The summed E-state index contributed by atoms with van der Waals surface area (Å²) in [7, 11) is 1.43. The minimum atomic E-state index is -1.07. The number of aromatic hydroxyl groups is 1. The fourth-order valence-electron chi connectivity index (χ4n) is 4.16. The van der Waals surface area contributed by atoms with Crippen LogP contribution >= 0.6 is 11.6 Å². The molecule has 9 heteroatoms. The summed E-state index contributed by atoms with van der Waals surface area (Å²) in [6.07, 6.45) is 0. The predicted molar refractivity (Wildman–Crippen MR) is 126 cm³/mol. The minimum Gasteiger partial charge on any atom is -0.508 e. The van der Waals surface area contributed by atoms with E-state index in [2.05, 4.69) is 0 Å². The van der Waals surface area contributed by atoms with Gasteiger partial charge in [-0.3, -0.25) is 14.5 Å². The molecule has 2 heterocycles. The van der Waals surface area contributed by atoms with Crippen LogP contribution in [0.5, 0.6) is 11.5 Å². The second-order valence-electron chi connectivity index (χ2n) is 7.87. The van der Waals surface area contributed by atoms with Gasteiger partial charge >= 0.3 is 0 Å². The topological polar surface area (TPSA) is 100 Å². The Morgan fingerprint density at radius 3 is 2.40 bits per heavy atom. The number of nitrogens with zero attached hydrogens (tertiary/aromatic N) is 1. The Morgan fingerprint density at radius 1 is 1.06 bits per heavy atom. The third kappa shape index (κ3) is 3.77. The Labute approximate surface area is 203 Å². The lowest BCUT2D eigenvalue weighted by Crippen LogP contribution is -2.31. The van der Waals surface area contributed by atoms with Gasteiger partial charge in [0.25, 0.3) is 5.91 Å². The van der Waals surface area contributed by atoms with Gasteiger partial charge in [0.2, 0.25) is 5.78 Å². The molecule has 1 aliphatic rings. The second-order valence-corrected chi connectivity index (χ2v) is 8.31. The molecule has 0 aliphatic carbocycles. The van der Waals surface area contributed by atoms with Crippen LogP contribution in [-0.2, 0) is 4.79 Å². The molecule has 0 saturated heterocycles. The number of ketones is 1. The molecule has 0 spiro atoms. The van der Waals surface area contributed by atoms with E-state index in [-0.39, 0.29) is 28.4 Å². The maximum absolute atomic E-state index is 13.7. The summed E-state index contributed by atoms with van der Waals surface area (Å²) in [6, 6.07) is 14.4. The number of methoxy groups -OCH3 is 1. The third-order valence-corrected chi connectivity index (χ3v) is 5.98. The number of hydrogen-bond donors (Lipinski definition) is 2. The summed E-state index contributed by atoms with van der Waals surface area (Å²) in [6.45, 7) is 0. The van der Waals surface area contributed by atoms with Crippen LogP contribution in [0.2, 0.25) is 5.02 Å². The van der Waals surface area contributed by atoms with E-state index in [1.165, 1.54) is 72.7 Å². The second kappa shape index (κ2) is 8.48. The first-order valence-corrected chi connectivity index (χ1v) is 10.8. The van der Waals surface area contributed by atoms with E-state index in [1.807, 2.05) is 0 Å². The molecule has 3 aromatic carbocycles. The minimum absolute atomic E-state index is 0.0197. The quantitative estimate of drug-likeness (QED) is 0.345. The van der Waals surface area contributed by atoms with Crippen LogP contribution in [-0.4, -0.2) is 29.0 Å². The van der Waals surface area contributed by atoms with Crippen LogP contribution in [0.1, 0.15) is 22.2 Å². The normalized spacial score (nSPS) is 15.8. The van der Waals surface area contributed by atoms with Gasteiger partial charge in [0.1, 0.15) is 11.6 Å². The number of ether oxygens (including phenoxy) is 1. The van der Waals surface area contributed by atoms with E-state index in [1.54, 1.807) is 6.07 Å². The number of carbonyl (C=O) groups is 2. The number of carbonyl (C=O) groups excluding carboxylic acids is 2. The molecule has 2 N–H and O–H groups in total. The monoisotopic (exact) mass is 493 g/mol. The van der Waals surface area contributed by atoms with E-state index in [9.17, 15) is 24.2 Å². The number of hydrogen-bond acceptors (Lipinski definition) is 6. The van der Waals surface area contributed by atoms with Gasteiger partial charge in [0.15, 0.2) is 22.9 Å². The summed E-state index contributed by atoms with van der Waals surface area (Å²) in [4.78, 5) is 28.0. The van der Waals surface area contributed by atoms with E-state index < -0.39 is 29.3 Å². The molecule has 5 rings (SSSR count). The highest BCUT2D eigenvalue weighted by Gasteiger charge is 2.45. The highest BCUT2D eigenvalue weighted by atomic mass is 35.5. The number of halogens is 2. The van der Waals surface area contributed by atoms with Crippen molar-refractivity contribution in [2.45, 2.75) is 6.04 Å². The molecule has 1 amide bonds. The van der Waals surface area contributed by atoms with Crippen molar-refractivity contribution in [3.05, 3.63) is 100 Å². The lowest BCUT2D eigenvalue weighted by atomic mass is 9.94. The van der Waals surface area contributed by atoms with Gasteiger partial charge in [-0.05, 0) is 54.1 Å². The number of anilines is 1. The molecule has 0 fully saturated rings. The summed E-state index contributed by atoms with van der Waals surface area (Å²) in [5.41, 5.74) is 0.752. The number of phenols is 1. The fourth-order valence-corrected chi connectivity index (χ4v) is 4.38. The molecule has 1 atom stereocenters. The van der Waals surface area contributed by atoms with E-state index >= 15 is 0 Å². The zero-order valence-electron chi connectivity index (χ0n) is 18.2. The first kappa shape index (κ1) is 22.5. The first-order valence-electron chi connectivity index (χ1n) is 10.4. The van der Waals surface area contributed by atoms with Crippen molar-refractivity contribution in [1.82, 2.24) is 0 Å². The Hall–Kier alpha value is -4.30. The molecule has 0 radical (unpaired) electrons. The van der Waals surface area contributed by atoms with E-state index in [0.29, 0.717) is 21.7 Å². The molecule has 1 unspecified atom stereocenters. The number of Topliss-reactive ketones (excluding diaryl/α,β-unsaturated/α-hetero) is 1. The Kier molecular flexibility index (Phi) is 5.45. The van der Waals surface area contributed by atoms with Crippen LogP contribution < -0.4 is 9.64 Å². The largest absolute Gasteiger partial charge is 0.508 e. The average molecular weight is 494 g/mol. The average Bonchev–Trinajstić information content (AvgIpc) is 3.38. The van der Waals surface area contributed by atoms with Crippen molar-refractivity contribution < 1.29 is 33.3 Å². The summed E-state index contributed by atoms with van der Waals surface area (Å²) >= 11 is 6.12. The molecule has 4 aromatic rings. The Morgan fingerprint density at radius 2 is 1.74 bits per heavy atom. The van der Waals surface area contributed by atoms with Crippen molar-refractivity contribution in [1.29, 1.82) is 0 Å². The standard InChI is InChI=1S/C26H17ClFNO6/c1-34-20-12-15(27)10-14-11-19(35-25(14)20)23(31)21-22(13-2-8-18(30)9-3-13)29(26(33)24(21)32)17-6-4-16(28)5-7-17/h2-12,22,30,32H,1H3. The van der Waals surface area contributed by atoms with E-state index in [4.69, 9.17) is 20.8 Å². The van der Waals surface area contributed by atoms with Crippen LogP contribution in [0.4, 0.5) is 10.1 Å². The first-order chi connectivity index (χ1) is 16.8. The number of rotatable bonds is 5. The van der Waals surface area contributed by atoms with Gasteiger partial charge in [-0.15, -0.1) is 0 Å². The van der Waals surface area contributed by atoms with Crippen LogP contribution in [0, 0.1) is 5.82 Å². The molecule has 35 heavy (non-hydrogen) atoms. The summed E-state index contributed by atoms with van der Waals surface area (Å²) in [5, 5.41) is 21.4. The lowest BCUT2D eigenvalue weighted by molar-refractivity contribution is -0.117. The smallest absolute Gasteiger partial charge is 0.294 e. The lowest BCUT2D eigenvalue weighted by Gasteiger charge is -2.26. The molecular weight excluding hydrogens is 477 g/mol. The van der Waals surface area contributed by atoms with Gasteiger partial charge < -0.3 is 19.4 Å². The highest BCUT2D eigenvalue weighted by Crippen LogP contribution is 2.43. The molecule has 0 saturated carbocycles. The van der Waals surface area contributed by atoms with Gasteiger partial charge in [-0.2, -0.15) is 0 Å². The van der Waals surface area contributed by atoms with E-state index in [0.717, 1.165) is 0 Å². The Balaban J connectivity index is 1.66. The van der Waals surface area contributed by atoms with Crippen LogP contribution in [0.3, 0.4) is 0 Å². The Bertz CT molecular complexity index is 1510. The number of benzene rings is 3. The molecule has 0 bridgehead atoms. The summed E-state index contributed by atoms with van der Waals surface area (Å²) in [5.74, 6) is -2.68. The van der Waals surface area contributed by atoms with Crippen LogP contribution in [0.25, 0.3) is 11.0 Å². The molecule has 176 valence electrons. The maximum atomic E-state index is 13.7. The number of furan rings is 1. The van der Waals surface area contributed by atoms with Gasteiger partial charge in [0, 0.05) is 22.2 Å². The fraction of sp³-hybridized carbons (Fsp3) is 0.0769. The van der Waals surface area contributed by atoms with Crippen molar-refractivity contribution in [2.75, 3.05) is 12.0 Å². The third-order valence-electron chi connectivity index (χ3n) is 5.76. The highest BCUT2D eigenvalue weighted by molar-refractivity contribution is 6.31. The molecule has 7 nitrogen and oxygen atoms in total. The van der Waals surface area contributed by atoms with Crippen molar-refractivity contribution in [3.8, 4) is 11.5 Å². The number of aliphatic hydroxyl groups is 1. The number of aliphatic hydroxyl groups excluding tert-OH is 1. The zero-order chi connectivity index (χ0) is 24.9. The molecule has 1 aliphatic heterocycles. The van der Waals surface area contributed by atoms with Crippen LogP contribution in [0.15, 0.2) is 82.5 Å². The van der Waals surface area contributed by atoms with Crippen molar-refractivity contribution >= 4 is 39.9 Å². The number of amides is 1. The zero-order valence-corrected chi connectivity index (χ0v) is 18.9. The SMILES string of the molecule is COc1cc(Cl)cc2cc(C(=O)C3=C(O)C(=O)N(c4ccc(F)cc4)C3c3ccc(O)cc3)oc12. The van der Waals surface area contributed by atoms with Gasteiger partial charge in [-0.1, -0.05) is 23.7 Å². The molecule has 1 aromatic heterocycles. The van der Waals surface area contributed by atoms with Gasteiger partial charge in [0.05, 0.1) is 18.7 Å².